The van der Waals surface area contributed by atoms with E-state index in [1.165, 1.54) is 0 Å². The second-order valence-electron chi connectivity index (χ2n) is 6.56. The van der Waals surface area contributed by atoms with E-state index >= 15 is 0 Å². The minimum absolute atomic E-state index is 0.00487. The standard InChI is InChI=1S/C21H19Cl2N3OS/c22-15-3-1-2-14(12-15)21-26(20(27)7-11-28-21)10-9-25-18-6-8-24-19-13-16(23)4-5-17(18)19/h1-6,8,12-13,21H,7,9-11H2,(H,24,25). The maximum atomic E-state index is 12.6. The Morgan fingerprint density at radius 2 is 2.00 bits per heavy atom. The van der Waals surface area contributed by atoms with E-state index in [-0.39, 0.29) is 11.3 Å². The minimum Gasteiger partial charge on any atom is -0.383 e. The van der Waals surface area contributed by atoms with Gasteiger partial charge in [0.05, 0.1) is 5.52 Å². The number of thioether (sulfide) groups is 1. The van der Waals surface area contributed by atoms with Gasteiger partial charge in [0.2, 0.25) is 5.91 Å². The molecule has 0 radical (unpaired) electrons. The fraction of sp³-hybridized carbons (Fsp3) is 0.238. The number of nitrogens with zero attached hydrogens (tertiary/aromatic N) is 2. The molecule has 1 N–H and O–H groups in total. The summed E-state index contributed by atoms with van der Waals surface area (Å²) in [6, 6.07) is 15.4. The van der Waals surface area contributed by atoms with Crippen LogP contribution in [0.25, 0.3) is 10.9 Å². The van der Waals surface area contributed by atoms with Crippen molar-refractivity contribution in [1.29, 1.82) is 0 Å². The van der Waals surface area contributed by atoms with Crippen LogP contribution in [0.2, 0.25) is 10.0 Å². The third-order valence-electron chi connectivity index (χ3n) is 4.70. The molecule has 0 saturated carbocycles. The van der Waals surface area contributed by atoms with E-state index in [0.717, 1.165) is 27.9 Å². The number of rotatable bonds is 5. The molecule has 28 heavy (non-hydrogen) atoms. The zero-order chi connectivity index (χ0) is 19.5. The Balaban J connectivity index is 1.49. The average Bonchev–Trinajstić information content (AvgIpc) is 2.69. The largest absolute Gasteiger partial charge is 0.383 e. The lowest BCUT2D eigenvalue weighted by molar-refractivity contribution is -0.131. The summed E-state index contributed by atoms with van der Waals surface area (Å²) in [4.78, 5) is 18.9. The molecule has 1 aliphatic rings. The van der Waals surface area contributed by atoms with Gasteiger partial charge in [-0.25, -0.2) is 0 Å². The van der Waals surface area contributed by atoms with Crippen LogP contribution in [-0.2, 0) is 4.79 Å². The average molecular weight is 432 g/mol. The molecule has 1 saturated heterocycles. The lowest BCUT2D eigenvalue weighted by atomic mass is 10.2. The number of carbonyl (C=O) groups excluding carboxylic acids is 1. The molecule has 4 rings (SSSR count). The van der Waals surface area contributed by atoms with Gasteiger partial charge in [-0.3, -0.25) is 9.78 Å². The Hall–Kier alpha value is -1.95. The number of hydrogen-bond acceptors (Lipinski definition) is 4. The number of hydrogen-bond donors (Lipinski definition) is 1. The van der Waals surface area contributed by atoms with Gasteiger partial charge in [-0.05, 0) is 42.0 Å². The van der Waals surface area contributed by atoms with Gasteiger partial charge in [0.15, 0.2) is 0 Å². The normalized spacial score (nSPS) is 17.1. The topological polar surface area (TPSA) is 45.2 Å². The second kappa shape index (κ2) is 8.60. The van der Waals surface area contributed by atoms with Gasteiger partial charge in [-0.1, -0.05) is 35.3 Å². The van der Waals surface area contributed by atoms with Crippen LogP contribution in [0.4, 0.5) is 5.69 Å². The molecule has 144 valence electrons. The highest BCUT2D eigenvalue weighted by Gasteiger charge is 2.29. The number of pyridine rings is 1. The highest BCUT2D eigenvalue weighted by Crippen LogP contribution is 2.37. The molecule has 1 unspecified atom stereocenters. The van der Waals surface area contributed by atoms with Crippen molar-refractivity contribution in [2.24, 2.45) is 0 Å². The molecule has 7 heteroatoms. The van der Waals surface area contributed by atoms with Crippen molar-refractivity contribution >= 4 is 57.5 Å². The molecule has 1 aromatic heterocycles. The molecule has 1 atom stereocenters. The maximum absolute atomic E-state index is 12.6. The molecule has 0 spiro atoms. The van der Waals surface area contributed by atoms with E-state index in [1.807, 2.05) is 53.4 Å². The van der Waals surface area contributed by atoms with E-state index < -0.39 is 0 Å². The summed E-state index contributed by atoms with van der Waals surface area (Å²) < 4.78 is 0. The Morgan fingerprint density at radius 3 is 2.86 bits per heavy atom. The van der Waals surface area contributed by atoms with Gasteiger partial charge < -0.3 is 10.2 Å². The first-order valence-electron chi connectivity index (χ1n) is 9.06. The van der Waals surface area contributed by atoms with Crippen LogP contribution < -0.4 is 5.32 Å². The van der Waals surface area contributed by atoms with Crippen LogP contribution >= 0.6 is 35.0 Å². The van der Waals surface area contributed by atoms with Gasteiger partial charge in [0.25, 0.3) is 0 Å². The van der Waals surface area contributed by atoms with Crippen molar-refractivity contribution in [3.8, 4) is 0 Å². The molecule has 0 aliphatic carbocycles. The Labute approximate surface area is 178 Å². The summed E-state index contributed by atoms with van der Waals surface area (Å²) in [5, 5.41) is 5.81. The Kier molecular flexibility index (Phi) is 5.95. The summed E-state index contributed by atoms with van der Waals surface area (Å²) in [5.74, 6) is 1.01. The van der Waals surface area contributed by atoms with Gasteiger partial charge in [-0.15, -0.1) is 11.8 Å². The third kappa shape index (κ3) is 4.22. The van der Waals surface area contributed by atoms with E-state index in [9.17, 15) is 4.79 Å². The molecule has 4 nitrogen and oxygen atoms in total. The SMILES string of the molecule is O=C1CCSC(c2cccc(Cl)c2)N1CCNc1ccnc2cc(Cl)ccc12. The van der Waals surface area contributed by atoms with Crippen LogP contribution in [0, 0.1) is 0 Å². The lowest BCUT2D eigenvalue weighted by Gasteiger charge is -2.35. The smallest absolute Gasteiger partial charge is 0.224 e. The first-order chi connectivity index (χ1) is 13.6. The van der Waals surface area contributed by atoms with Crippen LogP contribution in [0.5, 0.6) is 0 Å². The van der Waals surface area contributed by atoms with Crippen molar-refractivity contribution in [3.63, 3.8) is 0 Å². The fourth-order valence-electron chi connectivity index (χ4n) is 3.39. The van der Waals surface area contributed by atoms with Crippen molar-refractivity contribution in [1.82, 2.24) is 9.88 Å². The number of benzene rings is 2. The fourth-order valence-corrected chi connectivity index (χ4v) is 5.01. The number of halogens is 2. The van der Waals surface area contributed by atoms with Crippen molar-refractivity contribution in [3.05, 3.63) is 70.3 Å². The number of anilines is 1. The van der Waals surface area contributed by atoms with Gasteiger partial charge >= 0.3 is 0 Å². The van der Waals surface area contributed by atoms with Gasteiger partial charge in [0.1, 0.15) is 5.37 Å². The van der Waals surface area contributed by atoms with Gasteiger partial charge in [-0.2, -0.15) is 0 Å². The molecular formula is C21H19Cl2N3OS. The number of carbonyl (C=O) groups is 1. The summed E-state index contributed by atoms with van der Waals surface area (Å²) in [5.41, 5.74) is 2.89. The minimum atomic E-state index is -0.00487. The molecule has 0 bridgehead atoms. The van der Waals surface area contributed by atoms with E-state index in [4.69, 9.17) is 23.2 Å². The molecule has 1 amide bonds. The second-order valence-corrected chi connectivity index (χ2v) is 8.62. The summed E-state index contributed by atoms with van der Waals surface area (Å²) in [7, 11) is 0. The predicted octanol–water partition coefficient (Wildman–Crippen LogP) is 5.62. The third-order valence-corrected chi connectivity index (χ3v) is 6.45. The number of nitrogens with one attached hydrogen (secondary N) is 1. The first kappa shape index (κ1) is 19.4. The van der Waals surface area contributed by atoms with E-state index in [0.29, 0.717) is 29.6 Å². The van der Waals surface area contributed by atoms with E-state index in [1.54, 1.807) is 18.0 Å². The lowest BCUT2D eigenvalue weighted by Crippen LogP contribution is -2.40. The van der Waals surface area contributed by atoms with Crippen molar-refractivity contribution in [2.45, 2.75) is 11.8 Å². The predicted molar refractivity (Wildman–Crippen MR) is 118 cm³/mol. The Morgan fingerprint density at radius 1 is 1.14 bits per heavy atom. The summed E-state index contributed by atoms with van der Waals surface area (Å²) in [6.07, 6.45) is 2.33. The molecule has 2 heterocycles. The zero-order valence-corrected chi connectivity index (χ0v) is 17.4. The van der Waals surface area contributed by atoms with Crippen LogP contribution in [0.3, 0.4) is 0 Å². The monoisotopic (exact) mass is 431 g/mol. The number of aromatic nitrogens is 1. The summed E-state index contributed by atoms with van der Waals surface area (Å²) >= 11 is 14.0. The molecular weight excluding hydrogens is 413 g/mol. The summed E-state index contributed by atoms with van der Waals surface area (Å²) in [6.45, 7) is 1.26. The van der Waals surface area contributed by atoms with Crippen LogP contribution in [0.15, 0.2) is 54.7 Å². The van der Waals surface area contributed by atoms with E-state index in [2.05, 4.69) is 10.3 Å². The van der Waals surface area contributed by atoms with Crippen LogP contribution in [0.1, 0.15) is 17.4 Å². The molecule has 1 fully saturated rings. The Bertz CT molecular complexity index is 1010. The molecule has 3 aromatic rings. The van der Waals surface area contributed by atoms with Crippen LogP contribution in [-0.4, -0.2) is 34.6 Å². The van der Waals surface area contributed by atoms with Gasteiger partial charge in [0, 0.05) is 52.6 Å². The van der Waals surface area contributed by atoms with Crippen molar-refractivity contribution in [2.75, 3.05) is 24.2 Å². The highest BCUT2D eigenvalue weighted by atomic mass is 35.5. The zero-order valence-electron chi connectivity index (χ0n) is 15.1. The maximum Gasteiger partial charge on any atom is 0.224 e. The number of amides is 1. The number of fused-ring (bicyclic) bond motifs is 1. The first-order valence-corrected chi connectivity index (χ1v) is 10.9. The molecule has 2 aromatic carbocycles. The quantitative estimate of drug-likeness (QED) is 0.569. The molecule has 1 aliphatic heterocycles. The highest BCUT2D eigenvalue weighted by molar-refractivity contribution is 7.99. The van der Waals surface area contributed by atoms with Crippen molar-refractivity contribution < 1.29 is 4.79 Å².